The summed E-state index contributed by atoms with van der Waals surface area (Å²) in [5.41, 5.74) is 1.29. The number of hydrogen-bond acceptors (Lipinski definition) is 2. The van der Waals surface area contributed by atoms with Crippen molar-refractivity contribution in [2.45, 2.75) is 6.42 Å². The molecule has 0 fully saturated rings. The molecule has 2 N–H and O–H groups in total. The zero-order valence-corrected chi connectivity index (χ0v) is 10.1. The fourth-order valence-corrected chi connectivity index (χ4v) is 1.93. The van der Waals surface area contributed by atoms with Crippen molar-refractivity contribution in [3.05, 3.63) is 29.8 Å². The number of thiocarbonyl (C=S) groups is 1. The average molecular weight is 236 g/mol. The lowest BCUT2D eigenvalue weighted by Gasteiger charge is -2.25. The van der Waals surface area contributed by atoms with Gasteiger partial charge in [-0.05, 0) is 30.3 Å². The van der Waals surface area contributed by atoms with Crippen LogP contribution in [0.5, 0.6) is 5.75 Å². The fraction of sp³-hybridized carbons (Fsp3) is 0.417. The Labute approximate surface area is 101 Å². The minimum atomic E-state index is 0.487. The van der Waals surface area contributed by atoms with Gasteiger partial charge in [-0.3, -0.25) is 0 Å². The lowest BCUT2D eigenvalue weighted by atomic mass is 9.97. The Kier molecular flexibility index (Phi) is 3.62. The third kappa shape index (κ3) is 2.64. The summed E-state index contributed by atoms with van der Waals surface area (Å²) in [6.45, 7) is 1.62. The van der Waals surface area contributed by atoms with Crippen LogP contribution in [0.2, 0.25) is 0 Å². The van der Waals surface area contributed by atoms with Crippen LogP contribution >= 0.6 is 12.2 Å². The van der Waals surface area contributed by atoms with Gasteiger partial charge < -0.3 is 15.4 Å². The van der Waals surface area contributed by atoms with Crippen molar-refractivity contribution in [2.24, 2.45) is 5.92 Å². The predicted molar refractivity (Wildman–Crippen MR) is 68.8 cm³/mol. The number of para-hydroxylation sites is 1. The summed E-state index contributed by atoms with van der Waals surface area (Å²) in [6, 6.07) is 8.21. The Morgan fingerprint density at radius 1 is 1.50 bits per heavy atom. The first kappa shape index (κ1) is 11.2. The summed E-state index contributed by atoms with van der Waals surface area (Å²) >= 11 is 5.04. The van der Waals surface area contributed by atoms with Crippen LogP contribution in [-0.2, 0) is 6.42 Å². The molecule has 0 saturated carbocycles. The van der Waals surface area contributed by atoms with E-state index in [0.29, 0.717) is 11.0 Å². The third-order valence-corrected chi connectivity index (χ3v) is 3.08. The molecule has 1 aliphatic rings. The summed E-state index contributed by atoms with van der Waals surface area (Å²) in [7, 11) is 1.82. The molecule has 86 valence electrons. The Bertz CT molecular complexity index is 381. The topological polar surface area (TPSA) is 33.3 Å². The number of nitrogens with one attached hydrogen (secondary N) is 2. The molecule has 0 bridgehead atoms. The van der Waals surface area contributed by atoms with Gasteiger partial charge in [0.25, 0.3) is 0 Å². The Hall–Kier alpha value is -1.29. The predicted octanol–water partition coefficient (Wildman–Crippen LogP) is 1.33. The maximum Gasteiger partial charge on any atom is 0.166 e. The minimum Gasteiger partial charge on any atom is -0.493 e. The van der Waals surface area contributed by atoms with Crippen LogP contribution < -0.4 is 15.4 Å². The summed E-state index contributed by atoms with van der Waals surface area (Å²) in [5.74, 6) is 1.51. The third-order valence-electron chi connectivity index (χ3n) is 2.73. The molecule has 1 aromatic carbocycles. The molecule has 1 aromatic rings. The summed E-state index contributed by atoms with van der Waals surface area (Å²) in [6.07, 6.45) is 1.05. The van der Waals surface area contributed by atoms with E-state index in [9.17, 15) is 0 Å². The second kappa shape index (κ2) is 5.16. The Morgan fingerprint density at radius 3 is 3.12 bits per heavy atom. The van der Waals surface area contributed by atoms with E-state index < -0.39 is 0 Å². The number of fused-ring (bicyclic) bond motifs is 1. The monoisotopic (exact) mass is 236 g/mol. The molecule has 1 aliphatic heterocycles. The van der Waals surface area contributed by atoms with E-state index in [-0.39, 0.29) is 0 Å². The Morgan fingerprint density at radius 2 is 2.31 bits per heavy atom. The second-order valence-electron chi connectivity index (χ2n) is 3.95. The van der Waals surface area contributed by atoms with Gasteiger partial charge >= 0.3 is 0 Å². The standard InChI is InChI=1S/C12H16N2OS/c1-13-12(16)14-7-9-6-10-4-2-3-5-11(10)15-8-9/h2-5,9H,6-8H2,1H3,(H2,13,14,16)/t9-/m0/s1. The molecule has 0 radical (unpaired) electrons. The van der Waals surface area contributed by atoms with Crippen LogP contribution in [-0.4, -0.2) is 25.3 Å². The minimum absolute atomic E-state index is 0.487. The molecule has 3 nitrogen and oxygen atoms in total. The summed E-state index contributed by atoms with van der Waals surface area (Å²) in [5, 5.41) is 6.77. The van der Waals surface area contributed by atoms with Gasteiger partial charge in [0.15, 0.2) is 5.11 Å². The van der Waals surface area contributed by atoms with Crippen molar-refractivity contribution in [3.63, 3.8) is 0 Å². The van der Waals surface area contributed by atoms with Crippen molar-refractivity contribution in [1.82, 2.24) is 10.6 Å². The van der Waals surface area contributed by atoms with Crippen molar-refractivity contribution in [2.75, 3.05) is 20.2 Å². The van der Waals surface area contributed by atoms with Crippen LogP contribution in [0.3, 0.4) is 0 Å². The molecule has 1 heterocycles. The zero-order valence-electron chi connectivity index (χ0n) is 9.32. The molecule has 0 unspecified atom stereocenters. The highest BCUT2D eigenvalue weighted by Gasteiger charge is 2.19. The molecule has 0 aliphatic carbocycles. The maximum absolute atomic E-state index is 5.70. The SMILES string of the molecule is CNC(=S)NC[C@H]1COc2ccccc2C1. The molecule has 1 atom stereocenters. The molecule has 16 heavy (non-hydrogen) atoms. The van der Waals surface area contributed by atoms with Gasteiger partial charge in [-0.2, -0.15) is 0 Å². The normalized spacial score (nSPS) is 18.2. The number of ether oxygens (including phenoxy) is 1. The van der Waals surface area contributed by atoms with E-state index in [0.717, 1.165) is 25.3 Å². The van der Waals surface area contributed by atoms with Crippen LogP contribution in [0, 0.1) is 5.92 Å². The van der Waals surface area contributed by atoms with E-state index >= 15 is 0 Å². The summed E-state index contributed by atoms with van der Waals surface area (Å²) < 4.78 is 5.70. The molecule has 4 heteroatoms. The fourth-order valence-electron chi connectivity index (χ4n) is 1.85. The Balaban J connectivity index is 1.90. The highest BCUT2D eigenvalue weighted by molar-refractivity contribution is 7.80. The highest BCUT2D eigenvalue weighted by atomic mass is 32.1. The van der Waals surface area contributed by atoms with Crippen LogP contribution in [0.15, 0.2) is 24.3 Å². The van der Waals surface area contributed by atoms with Crippen molar-refractivity contribution < 1.29 is 4.74 Å². The van der Waals surface area contributed by atoms with Crippen molar-refractivity contribution in [3.8, 4) is 5.75 Å². The van der Waals surface area contributed by atoms with E-state index in [1.54, 1.807) is 0 Å². The van der Waals surface area contributed by atoms with Gasteiger partial charge in [0.05, 0.1) is 6.61 Å². The van der Waals surface area contributed by atoms with Gasteiger partial charge in [0.1, 0.15) is 5.75 Å². The first-order chi connectivity index (χ1) is 7.79. The van der Waals surface area contributed by atoms with Gasteiger partial charge in [-0.25, -0.2) is 0 Å². The number of rotatable bonds is 2. The average Bonchev–Trinajstić information content (AvgIpc) is 2.35. The van der Waals surface area contributed by atoms with E-state index in [4.69, 9.17) is 17.0 Å². The summed E-state index contributed by atoms with van der Waals surface area (Å²) in [4.78, 5) is 0. The molecule has 0 spiro atoms. The first-order valence-corrected chi connectivity index (χ1v) is 5.86. The molecule has 2 rings (SSSR count). The second-order valence-corrected chi connectivity index (χ2v) is 4.36. The molecular weight excluding hydrogens is 220 g/mol. The molecule has 0 amide bonds. The highest BCUT2D eigenvalue weighted by Crippen LogP contribution is 2.26. The number of benzene rings is 1. The quantitative estimate of drug-likeness (QED) is 0.759. The van der Waals surface area contributed by atoms with Gasteiger partial charge in [-0.1, -0.05) is 18.2 Å². The molecule has 0 aromatic heterocycles. The van der Waals surface area contributed by atoms with E-state index in [1.807, 2.05) is 19.2 Å². The first-order valence-electron chi connectivity index (χ1n) is 5.46. The van der Waals surface area contributed by atoms with Gasteiger partial charge in [-0.15, -0.1) is 0 Å². The molecular formula is C12H16N2OS. The van der Waals surface area contributed by atoms with Crippen LogP contribution in [0.25, 0.3) is 0 Å². The van der Waals surface area contributed by atoms with Gasteiger partial charge in [0, 0.05) is 19.5 Å². The van der Waals surface area contributed by atoms with Crippen LogP contribution in [0.1, 0.15) is 5.56 Å². The van der Waals surface area contributed by atoms with Crippen molar-refractivity contribution in [1.29, 1.82) is 0 Å². The smallest absolute Gasteiger partial charge is 0.166 e. The largest absolute Gasteiger partial charge is 0.493 e. The maximum atomic E-state index is 5.70. The van der Waals surface area contributed by atoms with E-state index in [2.05, 4.69) is 22.8 Å². The lowest BCUT2D eigenvalue weighted by molar-refractivity contribution is 0.223. The molecule has 0 saturated heterocycles. The zero-order chi connectivity index (χ0) is 11.4. The van der Waals surface area contributed by atoms with Gasteiger partial charge in [0.2, 0.25) is 0 Å². The number of hydrogen-bond donors (Lipinski definition) is 2. The van der Waals surface area contributed by atoms with Crippen molar-refractivity contribution >= 4 is 17.3 Å². The van der Waals surface area contributed by atoms with E-state index in [1.165, 1.54) is 5.56 Å². The van der Waals surface area contributed by atoms with Crippen LogP contribution in [0.4, 0.5) is 0 Å². The lowest BCUT2D eigenvalue weighted by Crippen LogP contribution is -2.38.